The van der Waals surface area contributed by atoms with Crippen molar-refractivity contribution in [2.45, 2.75) is 12.3 Å². The fourth-order valence-corrected chi connectivity index (χ4v) is 2.55. The minimum atomic E-state index is 0.544. The van der Waals surface area contributed by atoms with Gasteiger partial charge < -0.3 is 4.90 Å². The monoisotopic (exact) mass is 182 g/mol. The standard InChI is InChI=1S/C8H8NS2/c1-7-9(4-6-10-7)8-3-2-5-11-8/h2-4,6-7H,1H3. The maximum absolute atomic E-state index is 3.08. The Kier molecular flexibility index (Phi) is 1.92. The highest BCUT2D eigenvalue weighted by molar-refractivity contribution is 8.03. The van der Waals surface area contributed by atoms with E-state index in [1.165, 1.54) is 5.00 Å². The van der Waals surface area contributed by atoms with Gasteiger partial charge in [0.15, 0.2) is 0 Å². The minimum Gasteiger partial charge on any atom is -0.327 e. The number of thiophene rings is 1. The van der Waals surface area contributed by atoms with Gasteiger partial charge in [0.05, 0.1) is 10.4 Å². The van der Waals surface area contributed by atoms with Crippen LogP contribution in [0.4, 0.5) is 5.00 Å². The van der Waals surface area contributed by atoms with Crippen LogP contribution in [0.15, 0.2) is 23.7 Å². The number of thioether (sulfide) groups is 1. The summed E-state index contributed by atoms with van der Waals surface area (Å²) >= 11 is 3.50. The van der Waals surface area contributed by atoms with Gasteiger partial charge in [-0.05, 0) is 24.5 Å². The number of hydrogen-bond donors (Lipinski definition) is 0. The van der Waals surface area contributed by atoms with Crippen LogP contribution in [0, 0.1) is 5.38 Å². The van der Waals surface area contributed by atoms with Gasteiger partial charge in [0, 0.05) is 11.6 Å². The third-order valence-corrected chi connectivity index (χ3v) is 3.31. The fourth-order valence-electron chi connectivity index (χ4n) is 1.03. The lowest BCUT2D eigenvalue weighted by atomic mass is 10.5. The highest BCUT2D eigenvalue weighted by atomic mass is 32.2. The summed E-state index contributed by atoms with van der Waals surface area (Å²) in [4.78, 5) is 2.26. The van der Waals surface area contributed by atoms with Crippen molar-refractivity contribution in [3.05, 3.63) is 29.1 Å². The Bertz CT molecular complexity index is 253. The fraction of sp³-hybridized carbons (Fsp3) is 0.250. The zero-order valence-electron chi connectivity index (χ0n) is 6.15. The number of rotatable bonds is 1. The number of nitrogens with zero attached hydrogens (tertiary/aromatic N) is 1. The summed E-state index contributed by atoms with van der Waals surface area (Å²) < 4.78 is 0. The lowest BCUT2D eigenvalue weighted by Crippen LogP contribution is -2.19. The van der Waals surface area contributed by atoms with Crippen molar-refractivity contribution in [3.8, 4) is 0 Å². The summed E-state index contributed by atoms with van der Waals surface area (Å²) in [6, 6.07) is 4.06. The topological polar surface area (TPSA) is 3.24 Å². The highest BCUT2D eigenvalue weighted by Crippen LogP contribution is 2.32. The Labute approximate surface area is 74.7 Å². The first-order valence-electron chi connectivity index (χ1n) is 3.44. The molecular formula is C8H8NS2. The SMILES string of the molecule is CC1SC=CN1c1cc[c]s1. The Balaban J connectivity index is 2.23. The molecule has 2 rings (SSSR count). The summed E-state index contributed by atoms with van der Waals surface area (Å²) in [5, 5.41) is 7.03. The molecule has 0 amide bonds. The van der Waals surface area contributed by atoms with Gasteiger partial charge in [-0.2, -0.15) is 0 Å². The Hall–Kier alpha value is -0.410. The summed E-state index contributed by atoms with van der Waals surface area (Å²) in [5.41, 5.74) is 0. The van der Waals surface area contributed by atoms with Crippen molar-refractivity contribution in [1.29, 1.82) is 0 Å². The van der Waals surface area contributed by atoms with Crippen LogP contribution in [-0.2, 0) is 0 Å². The maximum atomic E-state index is 3.08. The molecule has 1 aromatic rings. The van der Waals surface area contributed by atoms with E-state index in [2.05, 4.69) is 34.9 Å². The Morgan fingerprint density at radius 3 is 3.09 bits per heavy atom. The van der Waals surface area contributed by atoms with Gasteiger partial charge in [-0.15, -0.1) is 23.1 Å². The van der Waals surface area contributed by atoms with Crippen LogP contribution in [0.25, 0.3) is 0 Å². The molecule has 0 bridgehead atoms. The van der Waals surface area contributed by atoms with Crippen LogP contribution in [0.2, 0.25) is 0 Å². The van der Waals surface area contributed by atoms with Crippen LogP contribution in [0.1, 0.15) is 6.92 Å². The van der Waals surface area contributed by atoms with E-state index in [0.717, 1.165) is 0 Å². The van der Waals surface area contributed by atoms with E-state index >= 15 is 0 Å². The third-order valence-electron chi connectivity index (χ3n) is 1.60. The molecule has 11 heavy (non-hydrogen) atoms. The van der Waals surface area contributed by atoms with Crippen LogP contribution in [0.3, 0.4) is 0 Å². The molecule has 1 aliphatic heterocycles. The molecule has 2 heterocycles. The molecule has 57 valence electrons. The van der Waals surface area contributed by atoms with Gasteiger partial charge in [-0.1, -0.05) is 0 Å². The Morgan fingerprint density at radius 2 is 2.55 bits per heavy atom. The number of hydrogen-bond acceptors (Lipinski definition) is 3. The first-order chi connectivity index (χ1) is 5.38. The maximum Gasteiger partial charge on any atom is 0.0965 e. The zero-order chi connectivity index (χ0) is 7.68. The molecule has 0 aromatic carbocycles. The van der Waals surface area contributed by atoms with E-state index in [9.17, 15) is 0 Å². The van der Waals surface area contributed by atoms with E-state index in [1.807, 2.05) is 17.8 Å². The van der Waals surface area contributed by atoms with Crippen molar-refractivity contribution in [1.82, 2.24) is 0 Å². The molecule has 0 fully saturated rings. The molecule has 1 aromatic heterocycles. The van der Waals surface area contributed by atoms with Crippen molar-refractivity contribution >= 4 is 28.1 Å². The van der Waals surface area contributed by atoms with E-state index in [-0.39, 0.29) is 0 Å². The quantitative estimate of drug-likeness (QED) is 0.657. The summed E-state index contributed by atoms with van der Waals surface area (Å²) in [5.74, 6) is 0. The van der Waals surface area contributed by atoms with Crippen LogP contribution in [-0.4, -0.2) is 5.37 Å². The van der Waals surface area contributed by atoms with Gasteiger partial charge >= 0.3 is 0 Å². The van der Waals surface area contributed by atoms with Crippen molar-refractivity contribution < 1.29 is 0 Å². The largest absolute Gasteiger partial charge is 0.327 e. The predicted octanol–water partition coefficient (Wildman–Crippen LogP) is 2.92. The van der Waals surface area contributed by atoms with Gasteiger partial charge in [-0.25, -0.2) is 0 Å². The highest BCUT2D eigenvalue weighted by Gasteiger charge is 2.16. The van der Waals surface area contributed by atoms with Gasteiger partial charge in [0.1, 0.15) is 0 Å². The molecular weight excluding hydrogens is 174 g/mol. The molecule has 1 aliphatic rings. The normalized spacial score (nSPS) is 23.0. The van der Waals surface area contributed by atoms with E-state index in [0.29, 0.717) is 5.37 Å². The second-order valence-corrected chi connectivity index (χ2v) is 4.40. The van der Waals surface area contributed by atoms with Crippen molar-refractivity contribution in [3.63, 3.8) is 0 Å². The molecule has 1 unspecified atom stereocenters. The molecule has 0 saturated heterocycles. The molecule has 0 aliphatic carbocycles. The van der Waals surface area contributed by atoms with Crippen LogP contribution in [0.5, 0.6) is 0 Å². The lowest BCUT2D eigenvalue weighted by molar-refractivity contribution is 0.981. The molecule has 3 heteroatoms. The lowest BCUT2D eigenvalue weighted by Gasteiger charge is -2.18. The number of anilines is 1. The first-order valence-corrected chi connectivity index (χ1v) is 5.20. The molecule has 1 nitrogen and oxygen atoms in total. The van der Waals surface area contributed by atoms with Crippen LogP contribution < -0.4 is 4.90 Å². The molecule has 0 spiro atoms. The van der Waals surface area contributed by atoms with Crippen molar-refractivity contribution in [2.24, 2.45) is 0 Å². The zero-order valence-corrected chi connectivity index (χ0v) is 7.78. The van der Waals surface area contributed by atoms with Crippen LogP contribution >= 0.6 is 23.1 Å². The Morgan fingerprint density at radius 1 is 1.64 bits per heavy atom. The van der Waals surface area contributed by atoms with Crippen molar-refractivity contribution in [2.75, 3.05) is 4.90 Å². The average molecular weight is 182 g/mol. The van der Waals surface area contributed by atoms with E-state index < -0.39 is 0 Å². The minimum absolute atomic E-state index is 0.544. The summed E-state index contributed by atoms with van der Waals surface area (Å²) in [6.45, 7) is 2.20. The second kappa shape index (κ2) is 2.91. The second-order valence-electron chi connectivity index (χ2n) is 2.32. The molecule has 0 saturated carbocycles. The summed E-state index contributed by atoms with van der Waals surface area (Å²) in [6.07, 6.45) is 2.12. The van der Waals surface area contributed by atoms with Gasteiger partial charge in [0.2, 0.25) is 0 Å². The van der Waals surface area contributed by atoms with E-state index in [4.69, 9.17) is 0 Å². The van der Waals surface area contributed by atoms with E-state index in [1.54, 1.807) is 11.3 Å². The van der Waals surface area contributed by atoms with Gasteiger partial charge in [-0.3, -0.25) is 0 Å². The predicted molar refractivity (Wildman–Crippen MR) is 51.8 cm³/mol. The smallest absolute Gasteiger partial charge is 0.0965 e. The third kappa shape index (κ3) is 1.30. The summed E-state index contributed by atoms with van der Waals surface area (Å²) in [7, 11) is 0. The first kappa shape index (κ1) is 7.25. The molecule has 0 N–H and O–H groups in total. The van der Waals surface area contributed by atoms with Gasteiger partial charge in [0.25, 0.3) is 0 Å². The average Bonchev–Trinajstić information content (AvgIpc) is 2.55. The molecule has 1 atom stereocenters. The molecule has 1 radical (unpaired) electrons.